The molecule has 0 bridgehead atoms. The second-order valence-electron chi connectivity index (χ2n) is 8.23. The molecule has 162 valence electrons. The lowest BCUT2D eigenvalue weighted by atomic mass is 9.89. The van der Waals surface area contributed by atoms with Gasteiger partial charge in [0.2, 0.25) is 0 Å². The van der Waals surface area contributed by atoms with Gasteiger partial charge in [-0.3, -0.25) is 9.59 Å². The van der Waals surface area contributed by atoms with Gasteiger partial charge in [0.1, 0.15) is 5.75 Å². The number of aromatic nitrogens is 1. The first-order valence-electron chi connectivity index (χ1n) is 10.3. The molecule has 2 aromatic carbocycles. The Balaban J connectivity index is 0.00000231. The summed E-state index contributed by atoms with van der Waals surface area (Å²) in [4.78, 5) is 28.3. The molecule has 31 heavy (non-hydrogen) atoms. The van der Waals surface area contributed by atoms with E-state index in [1.807, 2.05) is 53.4 Å². The number of carbonyl (C=O) groups excluding carboxylic acids is 1. The van der Waals surface area contributed by atoms with Gasteiger partial charge in [-0.15, -0.1) is 12.4 Å². The van der Waals surface area contributed by atoms with Gasteiger partial charge in [0, 0.05) is 44.1 Å². The summed E-state index contributed by atoms with van der Waals surface area (Å²) in [6.45, 7) is 2.50. The van der Waals surface area contributed by atoms with E-state index < -0.39 is 0 Å². The molecule has 6 nitrogen and oxygen atoms in total. The highest BCUT2D eigenvalue weighted by Gasteiger charge is 2.47. The van der Waals surface area contributed by atoms with Crippen molar-refractivity contribution in [3.63, 3.8) is 0 Å². The van der Waals surface area contributed by atoms with Crippen molar-refractivity contribution in [3.05, 3.63) is 76.1 Å². The molecule has 3 aromatic rings. The molecule has 0 aliphatic carbocycles. The van der Waals surface area contributed by atoms with E-state index in [0.29, 0.717) is 23.9 Å². The fraction of sp³-hybridized carbons (Fsp3) is 0.333. The van der Waals surface area contributed by atoms with Crippen LogP contribution in [-0.2, 0) is 7.05 Å². The van der Waals surface area contributed by atoms with Crippen molar-refractivity contribution in [2.45, 2.75) is 6.04 Å². The van der Waals surface area contributed by atoms with E-state index in [2.05, 4.69) is 5.32 Å². The standard InChI is InChI=1S/C24H25N3O3.ClH/c1-26-21-6-4-3-5-18(21)19(11-22(26)28)24(29)27-14-16-12-25-13-20(16)23(27)15-7-9-17(30-2)10-8-15;/h3-11,16,20,23,25H,12-14H2,1-2H3;1H/t16-,20-,23-;/m0./s1. The fourth-order valence-corrected chi connectivity index (χ4v) is 5.10. The molecule has 0 spiro atoms. The molecular formula is C24H26ClN3O3. The molecule has 2 saturated heterocycles. The summed E-state index contributed by atoms with van der Waals surface area (Å²) in [6, 6.07) is 17.1. The highest BCUT2D eigenvalue weighted by molar-refractivity contribution is 6.06. The first-order chi connectivity index (χ1) is 14.6. The Labute approximate surface area is 187 Å². The van der Waals surface area contributed by atoms with Gasteiger partial charge >= 0.3 is 0 Å². The van der Waals surface area contributed by atoms with Crippen LogP contribution in [0.2, 0.25) is 0 Å². The third-order valence-corrected chi connectivity index (χ3v) is 6.67. The second-order valence-corrected chi connectivity index (χ2v) is 8.23. The SMILES string of the molecule is COc1ccc([C@H]2[C@H]3CNC[C@H]3CN2C(=O)c2cc(=O)n(C)c3ccccc23)cc1.Cl. The van der Waals surface area contributed by atoms with Gasteiger partial charge in [0.15, 0.2) is 0 Å². The van der Waals surface area contributed by atoms with Crippen LogP contribution in [-0.4, -0.2) is 42.1 Å². The van der Waals surface area contributed by atoms with Crippen molar-refractivity contribution in [1.29, 1.82) is 0 Å². The molecule has 2 fully saturated rings. The van der Waals surface area contributed by atoms with E-state index in [4.69, 9.17) is 4.74 Å². The second kappa shape index (κ2) is 8.36. The number of halogens is 1. The minimum atomic E-state index is -0.167. The minimum absolute atomic E-state index is 0. The zero-order valence-electron chi connectivity index (χ0n) is 17.6. The number of rotatable bonds is 3. The Kier molecular flexibility index (Phi) is 5.77. The molecule has 3 atom stereocenters. The Morgan fingerprint density at radius 3 is 2.58 bits per heavy atom. The number of nitrogens with one attached hydrogen (secondary N) is 1. The zero-order chi connectivity index (χ0) is 20.8. The van der Waals surface area contributed by atoms with Crippen LogP contribution in [0.15, 0.2) is 59.4 Å². The lowest BCUT2D eigenvalue weighted by Gasteiger charge is -2.29. The number of benzene rings is 2. The predicted molar refractivity (Wildman–Crippen MR) is 123 cm³/mol. The number of hydrogen-bond donors (Lipinski definition) is 1. The van der Waals surface area contributed by atoms with Crippen LogP contribution < -0.4 is 15.6 Å². The van der Waals surface area contributed by atoms with E-state index in [9.17, 15) is 9.59 Å². The Morgan fingerprint density at radius 1 is 1.10 bits per heavy atom. The van der Waals surface area contributed by atoms with Crippen molar-refractivity contribution in [1.82, 2.24) is 14.8 Å². The maximum absolute atomic E-state index is 13.8. The van der Waals surface area contributed by atoms with E-state index >= 15 is 0 Å². The first-order valence-corrected chi connectivity index (χ1v) is 10.3. The number of amides is 1. The number of carbonyl (C=O) groups is 1. The third kappa shape index (κ3) is 3.50. The van der Waals surface area contributed by atoms with E-state index in [1.54, 1.807) is 18.7 Å². The molecule has 5 rings (SSSR count). The topological polar surface area (TPSA) is 63.6 Å². The number of para-hydroxylation sites is 1. The molecule has 3 heterocycles. The lowest BCUT2D eigenvalue weighted by molar-refractivity contribution is 0.0716. The van der Waals surface area contributed by atoms with Crippen molar-refractivity contribution >= 4 is 29.2 Å². The summed E-state index contributed by atoms with van der Waals surface area (Å²) in [7, 11) is 3.39. The highest BCUT2D eigenvalue weighted by atomic mass is 35.5. The molecule has 1 N–H and O–H groups in total. The summed E-state index contributed by atoms with van der Waals surface area (Å²) >= 11 is 0. The quantitative estimate of drug-likeness (QED) is 0.681. The number of likely N-dealkylation sites (tertiary alicyclic amines) is 1. The number of fused-ring (bicyclic) bond motifs is 2. The largest absolute Gasteiger partial charge is 0.497 e. The van der Waals surface area contributed by atoms with E-state index in [1.165, 1.54) is 6.07 Å². The van der Waals surface area contributed by atoms with Crippen LogP contribution in [0.4, 0.5) is 0 Å². The van der Waals surface area contributed by atoms with Gasteiger partial charge in [0.05, 0.1) is 24.2 Å². The van der Waals surface area contributed by atoms with Crippen LogP contribution in [0.3, 0.4) is 0 Å². The maximum Gasteiger partial charge on any atom is 0.255 e. The van der Waals surface area contributed by atoms with Gasteiger partial charge in [-0.05, 0) is 29.7 Å². The van der Waals surface area contributed by atoms with Crippen LogP contribution in [0.1, 0.15) is 22.0 Å². The number of ether oxygens (including phenoxy) is 1. The van der Waals surface area contributed by atoms with Crippen LogP contribution in [0, 0.1) is 11.8 Å². The average molecular weight is 440 g/mol. The van der Waals surface area contributed by atoms with Crippen molar-refractivity contribution in [2.24, 2.45) is 18.9 Å². The number of methoxy groups -OCH3 is 1. The number of pyridine rings is 1. The molecule has 0 unspecified atom stereocenters. The van der Waals surface area contributed by atoms with Crippen LogP contribution in [0.25, 0.3) is 10.9 Å². The summed E-state index contributed by atoms with van der Waals surface area (Å²) in [6.07, 6.45) is 0. The fourth-order valence-electron chi connectivity index (χ4n) is 5.10. The monoisotopic (exact) mass is 439 g/mol. The van der Waals surface area contributed by atoms with Gasteiger partial charge in [-0.1, -0.05) is 30.3 Å². The Bertz CT molecular complexity index is 1170. The average Bonchev–Trinajstić information content (AvgIpc) is 3.37. The lowest BCUT2D eigenvalue weighted by Crippen LogP contribution is -2.35. The third-order valence-electron chi connectivity index (χ3n) is 6.67. The smallest absolute Gasteiger partial charge is 0.255 e. The molecule has 2 aliphatic rings. The van der Waals surface area contributed by atoms with Crippen molar-refractivity contribution in [3.8, 4) is 5.75 Å². The predicted octanol–water partition coefficient (Wildman–Crippen LogP) is 3.00. The molecule has 0 saturated carbocycles. The first kappa shape index (κ1) is 21.4. The molecule has 7 heteroatoms. The molecule has 0 radical (unpaired) electrons. The van der Waals surface area contributed by atoms with Gasteiger partial charge in [-0.25, -0.2) is 0 Å². The van der Waals surface area contributed by atoms with Gasteiger partial charge in [0.25, 0.3) is 11.5 Å². The molecule has 1 amide bonds. The van der Waals surface area contributed by atoms with Gasteiger partial charge < -0.3 is 19.5 Å². The molecule has 2 aliphatic heterocycles. The van der Waals surface area contributed by atoms with E-state index in [0.717, 1.165) is 35.3 Å². The summed E-state index contributed by atoms with van der Waals surface area (Å²) in [5.74, 6) is 1.51. The van der Waals surface area contributed by atoms with Crippen LogP contribution in [0.5, 0.6) is 5.75 Å². The van der Waals surface area contributed by atoms with Gasteiger partial charge in [-0.2, -0.15) is 0 Å². The summed E-state index contributed by atoms with van der Waals surface area (Å²) in [5, 5.41) is 4.29. The minimum Gasteiger partial charge on any atom is -0.497 e. The number of nitrogens with zero attached hydrogens (tertiary/aromatic N) is 2. The van der Waals surface area contributed by atoms with E-state index in [-0.39, 0.29) is 29.9 Å². The zero-order valence-corrected chi connectivity index (χ0v) is 18.4. The molecular weight excluding hydrogens is 414 g/mol. The maximum atomic E-state index is 13.8. The van der Waals surface area contributed by atoms with Crippen LogP contribution >= 0.6 is 12.4 Å². The highest BCUT2D eigenvalue weighted by Crippen LogP contribution is 2.43. The molecule has 1 aromatic heterocycles. The normalized spacial score (nSPS) is 22.3. The van der Waals surface area contributed by atoms with Crippen molar-refractivity contribution < 1.29 is 9.53 Å². The number of hydrogen-bond acceptors (Lipinski definition) is 4. The number of aryl methyl sites for hydroxylation is 1. The Hall–Kier alpha value is -2.83. The van der Waals surface area contributed by atoms with Crippen molar-refractivity contribution in [2.75, 3.05) is 26.7 Å². The summed E-state index contributed by atoms with van der Waals surface area (Å²) < 4.78 is 6.90. The Morgan fingerprint density at radius 2 is 1.84 bits per heavy atom. The summed E-state index contributed by atoms with van der Waals surface area (Å²) in [5.41, 5.74) is 2.20.